The van der Waals surface area contributed by atoms with Crippen LogP contribution in [0, 0.1) is 12.7 Å². The Kier molecular flexibility index (Phi) is 4.86. The Morgan fingerprint density at radius 3 is 3.00 bits per heavy atom. The highest BCUT2D eigenvalue weighted by Crippen LogP contribution is 2.22. The minimum atomic E-state index is -0.143. The van der Waals surface area contributed by atoms with Crippen LogP contribution in [0.2, 0.25) is 0 Å². The first-order valence-electron chi connectivity index (χ1n) is 6.83. The second-order valence-electron chi connectivity index (χ2n) is 5.01. The first-order chi connectivity index (χ1) is 9.10. The second-order valence-corrected chi connectivity index (χ2v) is 6.09. The van der Waals surface area contributed by atoms with Crippen LogP contribution >= 0.6 is 11.8 Å². The minimum Gasteiger partial charge on any atom is -0.358 e. The highest BCUT2D eigenvalue weighted by atomic mass is 32.2. The lowest BCUT2D eigenvalue weighted by atomic mass is 10.1. The molecule has 1 aromatic rings. The van der Waals surface area contributed by atoms with Crippen LogP contribution in [-0.2, 0) is 0 Å². The molecule has 0 saturated heterocycles. The van der Waals surface area contributed by atoms with Crippen LogP contribution in [0.5, 0.6) is 0 Å². The number of benzene rings is 1. The Balaban J connectivity index is 2.06. The molecule has 2 unspecified atom stereocenters. The van der Waals surface area contributed by atoms with E-state index in [9.17, 15) is 4.39 Å². The summed E-state index contributed by atoms with van der Waals surface area (Å²) in [4.78, 5) is 4.68. The molecule has 104 valence electrons. The SMILES string of the molecule is CCC1CCSC(NC(C)c2ccc(C)c(F)c2)=N1. The lowest BCUT2D eigenvalue weighted by Gasteiger charge is -2.23. The van der Waals surface area contributed by atoms with Crippen LogP contribution in [0.15, 0.2) is 23.2 Å². The normalized spacial score (nSPS) is 20.8. The summed E-state index contributed by atoms with van der Waals surface area (Å²) in [6.07, 6.45) is 2.24. The van der Waals surface area contributed by atoms with Crippen molar-refractivity contribution < 1.29 is 4.39 Å². The fourth-order valence-corrected chi connectivity index (χ4v) is 3.15. The fourth-order valence-electron chi connectivity index (χ4n) is 2.08. The number of amidine groups is 1. The third-order valence-corrected chi connectivity index (χ3v) is 4.43. The van der Waals surface area contributed by atoms with Gasteiger partial charge in [0.15, 0.2) is 5.17 Å². The van der Waals surface area contributed by atoms with Gasteiger partial charge < -0.3 is 5.32 Å². The van der Waals surface area contributed by atoms with E-state index in [2.05, 4.69) is 17.2 Å². The standard InChI is InChI=1S/C15H21FN2S/c1-4-13-7-8-19-15(18-13)17-11(3)12-6-5-10(2)14(16)9-12/h5-6,9,11,13H,4,7-8H2,1-3H3,(H,17,18). The van der Waals surface area contributed by atoms with E-state index in [0.717, 1.165) is 29.3 Å². The van der Waals surface area contributed by atoms with E-state index in [-0.39, 0.29) is 11.9 Å². The summed E-state index contributed by atoms with van der Waals surface area (Å²) in [5.41, 5.74) is 1.65. The van der Waals surface area contributed by atoms with Gasteiger partial charge in [-0.05, 0) is 43.9 Å². The number of hydrogen-bond acceptors (Lipinski definition) is 3. The van der Waals surface area contributed by atoms with E-state index >= 15 is 0 Å². The van der Waals surface area contributed by atoms with Gasteiger partial charge in [0.1, 0.15) is 5.82 Å². The summed E-state index contributed by atoms with van der Waals surface area (Å²) < 4.78 is 13.6. The van der Waals surface area contributed by atoms with Crippen molar-refractivity contribution in [2.24, 2.45) is 4.99 Å². The average Bonchev–Trinajstić information content (AvgIpc) is 2.42. The van der Waals surface area contributed by atoms with Crippen molar-refractivity contribution in [2.45, 2.75) is 45.7 Å². The van der Waals surface area contributed by atoms with Gasteiger partial charge in [-0.2, -0.15) is 0 Å². The molecule has 0 bridgehead atoms. The number of aryl methyl sites for hydroxylation is 1. The Hall–Kier alpha value is -1.03. The molecule has 0 spiro atoms. The van der Waals surface area contributed by atoms with Crippen molar-refractivity contribution in [3.05, 3.63) is 35.1 Å². The van der Waals surface area contributed by atoms with Gasteiger partial charge >= 0.3 is 0 Å². The molecule has 2 atom stereocenters. The van der Waals surface area contributed by atoms with Gasteiger partial charge in [0.05, 0.1) is 12.1 Å². The Morgan fingerprint density at radius 1 is 1.53 bits per heavy atom. The number of hydrogen-bond donors (Lipinski definition) is 1. The van der Waals surface area contributed by atoms with Gasteiger partial charge in [0.2, 0.25) is 0 Å². The highest BCUT2D eigenvalue weighted by molar-refractivity contribution is 8.13. The summed E-state index contributed by atoms with van der Waals surface area (Å²) in [5, 5.41) is 4.38. The quantitative estimate of drug-likeness (QED) is 0.903. The molecule has 19 heavy (non-hydrogen) atoms. The Bertz CT molecular complexity index is 473. The molecule has 0 amide bonds. The van der Waals surface area contributed by atoms with E-state index in [4.69, 9.17) is 0 Å². The molecule has 0 aliphatic carbocycles. The number of nitrogens with one attached hydrogen (secondary N) is 1. The lowest BCUT2D eigenvalue weighted by Crippen LogP contribution is -2.29. The number of thioether (sulfide) groups is 1. The van der Waals surface area contributed by atoms with Gasteiger partial charge in [0.25, 0.3) is 0 Å². The molecule has 4 heteroatoms. The van der Waals surface area contributed by atoms with Crippen LogP contribution in [0.25, 0.3) is 0 Å². The highest BCUT2D eigenvalue weighted by Gasteiger charge is 2.16. The van der Waals surface area contributed by atoms with Gasteiger partial charge in [-0.25, -0.2) is 4.39 Å². The average molecular weight is 280 g/mol. The Labute approximate surface area is 118 Å². The van der Waals surface area contributed by atoms with E-state index in [1.807, 2.05) is 19.1 Å². The molecular formula is C15H21FN2S. The minimum absolute atomic E-state index is 0.0805. The molecule has 0 radical (unpaired) electrons. The largest absolute Gasteiger partial charge is 0.358 e. The van der Waals surface area contributed by atoms with Gasteiger partial charge in [-0.1, -0.05) is 30.8 Å². The molecular weight excluding hydrogens is 259 g/mol. The van der Waals surface area contributed by atoms with E-state index in [1.165, 1.54) is 0 Å². The van der Waals surface area contributed by atoms with Crippen molar-refractivity contribution >= 4 is 16.9 Å². The zero-order valence-electron chi connectivity index (χ0n) is 11.7. The van der Waals surface area contributed by atoms with E-state index in [0.29, 0.717) is 11.6 Å². The van der Waals surface area contributed by atoms with Gasteiger partial charge in [-0.15, -0.1) is 0 Å². The number of rotatable bonds is 3. The molecule has 2 nitrogen and oxygen atoms in total. The maximum atomic E-state index is 13.6. The summed E-state index contributed by atoms with van der Waals surface area (Å²) in [6.45, 7) is 5.99. The monoisotopic (exact) mass is 280 g/mol. The number of nitrogens with zero attached hydrogens (tertiary/aromatic N) is 1. The molecule has 0 fully saturated rings. The van der Waals surface area contributed by atoms with Crippen LogP contribution in [0.1, 0.15) is 43.9 Å². The van der Waals surface area contributed by atoms with Crippen molar-refractivity contribution in [3.8, 4) is 0 Å². The van der Waals surface area contributed by atoms with Crippen molar-refractivity contribution in [1.82, 2.24) is 5.32 Å². The van der Waals surface area contributed by atoms with Crippen molar-refractivity contribution in [3.63, 3.8) is 0 Å². The van der Waals surface area contributed by atoms with E-state index < -0.39 is 0 Å². The van der Waals surface area contributed by atoms with Gasteiger partial charge in [-0.3, -0.25) is 4.99 Å². The zero-order chi connectivity index (χ0) is 13.8. The van der Waals surface area contributed by atoms with Crippen LogP contribution < -0.4 is 5.32 Å². The molecule has 1 heterocycles. The topological polar surface area (TPSA) is 24.4 Å². The molecule has 0 aromatic heterocycles. The van der Waals surface area contributed by atoms with E-state index in [1.54, 1.807) is 24.8 Å². The smallest absolute Gasteiger partial charge is 0.157 e. The second kappa shape index (κ2) is 6.42. The fraction of sp³-hybridized carbons (Fsp3) is 0.533. The Morgan fingerprint density at radius 2 is 2.32 bits per heavy atom. The van der Waals surface area contributed by atoms with Crippen LogP contribution in [0.3, 0.4) is 0 Å². The summed E-state index contributed by atoms with van der Waals surface area (Å²) in [7, 11) is 0. The lowest BCUT2D eigenvalue weighted by molar-refractivity contribution is 0.605. The zero-order valence-corrected chi connectivity index (χ0v) is 12.6. The van der Waals surface area contributed by atoms with Gasteiger partial charge in [0, 0.05) is 5.75 Å². The van der Waals surface area contributed by atoms with Crippen LogP contribution in [0.4, 0.5) is 4.39 Å². The maximum absolute atomic E-state index is 13.6. The van der Waals surface area contributed by atoms with Crippen molar-refractivity contribution in [1.29, 1.82) is 0 Å². The molecule has 1 aromatic carbocycles. The molecule has 1 aliphatic heterocycles. The third-order valence-electron chi connectivity index (χ3n) is 3.50. The first-order valence-corrected chi connectivity index (χ1v) is 7.82. The molecule has 0 saturated carbocycles. The predicted octanol–water partition coefficient (Wildman–Crippen LogP) is 4.06. The summed E-state index contributed by atoms with van der Waals surface area (Å²) in [6, 6.07) is 5.93. The summed E-state index contributed by atoms with van der Waals surface area (Å²) in [5.74, 6) is 0.968. The predicted molar refractivity (Wildman–Crippen MR) is 81.3 cm³/mol. The molecule has 2 rings (SSSR count). The molecule has 1 N–H and O–H groups in total. The first kappa shape index (κ1) is 14.4. The maximum Gasteiger partial charge on any atom is 0.157 e. The van der Waals surface area contributed by atoms with Crippen LogP contribution in [-0.4, -0.2) is 17.0 Å². The number of halogens is 1. The van der Waals surface area contributed by atoms with Crippen molar-refractivity contribution in [2.75, 3.05) is 5.75 Å². The number of aliphatic imine (C=N–C) groups is 1. The molecule has 1 aliphatic rings. The third kappa shape index (κ3) is 3.72. The summed E-state index contributed by atoms with van der Waals surface area (Å²) >= 11 is 1.76.